The van der Waals surface area contributed by atoms with Gasteiger partial charge in [0, 0.05) is 10.8 Å². The average molecular weight is 283 g/mol. The van der Waals surface area contributed by atoms with Gasteiger partial charge in [-0.2, -0.15) is 0 Å². The van der Waals surface area contributed by atoms with Crippen LogP contribution in [0.25, 0.3) is 0 Å². The molecule has 1 amide bonds. The second-order valence-corrected chi connectivity index (χ2v) is 5.76. The fourth-order valence-electron chi connectivity index (χ4n) is 1.81. The SMILES string of the molecule is CCCC(NC(=O)C(C)C(C)C(=O)O)c1cccs1. The molecule has 0 spiro atoms. The van der Waals surface area contributed by atoms with Gasteiger partial charge in [-0.1, -0.05) is 33.3 Å². The van der Waals surface area contributed by atoms with E-state index in [1.165, 1.54) is 0 Å². The zero-order valence-corrected chi connectivity index (χ0v) is 12.4. The molecule has 0 aliphatic carbocycles. The second kappa shape index (κ2) is 7.28. The van der Waals surface area contributed by atoms with Gasteiger partial charge in [-0.25, -0.2) is 0 Å². The molecule has 4 nitrogen and oxygen atoms in total. The fourth-order valence-corrected chi connectivity index (χ4v) is 2.62. The highest BCUT2D eigenvalue weighted by atomic mass is 32.1. The van der Waals surface area contributed by atoms with Crippen LogP contribution in [0.4, 0.5) is 0 Å². The fraction of sp³-hybridized carbons (Fsp3) is 0.571. The molecule has 0 saturated heterocycles. The lowest BCUT2D eigenvalue weighted by Gasteiger charge is -2.21. The summed E-state index contributed by atoms with van der Waals surface area (Å²) in [6.45, 7) is 5.29. The van der Waals surface area contributed by atoms with Crippen molar-refractivity contribution < 1.29 is 14.7 Å². The van der Waals surface area contributed by atoms with Crippen molar-refractivity contribution in [2.45, 2.75) is 39.7 Å². The molecule has 106 valence electrons. The zero-order chi connectivity index (χ0) is 14.4. The minimum Gasteiger partial charge on any atom is -0.481 e. The van der Waals surface area contributed by atoms with E-state index >= 15 is 0 Å². The standard InChI is InChI=1S/C14H21NO3S/c1-4-6-11(12-7-5-8-19-12)15-13(16)9(2)10(3)14(17)18/h5,7-11H,4,6H2,1-3H3,(H,15,16)(H,17,18). The summed E-state index contributed by atoms with van der Waals surface area (Å²) in [7, 11) is 0. The Morgan fingerprint density at radius 3 is 2.53 bits per heavy atom. The number of amides is 1. The number of carbonyl (C=O) groups excluding carboxylic acids is 1. The Morgan fingerprint density at radius 2 is 2.05 bits per heavy atom. The molecule has 0 bridgehead atoms. The van der Waals surface area contributed by atoms with Gasteiger partial charge in [0.25, 0.3) is 0 Å². The third kappa shape index (κ3) is 4.35. The van der Waals surface area contributed by atoms with Crippen molar-refractivity contribution in [1.82, 2.24) is 5.32 Å². The summed E-state index contributed by atoms with van der Waals surface area (Å²) in [6, 6.07) is 3.94. The van der Waals surface area contributed by atoms with Crippen LogP contribution in [0.2, 0.25) is 0 Å². The maximum absolute atomic E-state index is 12.1. The van der Waals surface area contributed by atoms with E-state index in [4.69, 9.17) is 5.11 Å². The maximum atomic E-state index is 12.1. The molecule has 0 radical (unpaired) electrons. The van der Waals surface area contributed by atoms with Gasteiger partial charge in [0.15, 0.2) is 0 Å². The molecular weight excluding hydrogens is 262 g/mol. The largest absolute Gasteiger partial charge is 0.481 e. The van der Waals surface area contributed by atoms with Gasteiger partial charge in [0.05, 0.1) is 12.0 Å². The Balaban J connectivity index is 2.69. The Morgan fingerprint density at radius 1 is 1.37 bits per heavy atom. The number of thiophene rings is 1. The van der Waals surface area contributed by atoms with Gasteiger partial charge < -0.3 is 10.4 Å². The first-order chi connectivity index (χ1) is 8.97. The van der Waals surface area contributed by atoms with Gasteiger partial charge in [-0.05, 0) is 17.9 Å². The number of aliphatic carboxylic acids is 1. The first kappa shape index (κ1) is 15.7. The molecule has 1 heterocycles. The number of carboxylic acid groups (broad SMARTS) is 1. The predicted octanol–water partition coefficient (Wildman–Crippen LogP) is 3.06. The summed E-state index contributed by atoms with van der Waals surface area (Å²) in [5.41, 5.74) is 0. The first-order valence-electron chi connectivity index (χ1n) is 6.54. The molecule has 3 unspecified atom stereocenters. The van der Waals surface area contributed by atoms with Crippen molar-refractivity contribution in [3.8, 4) is 0 Å². The molecule has 5 heteroatoms. The Bertz CT molecular complexity index is 416. The quantitative estimate of drug-likeness (QED) is 0.808. The van der Waals surface area contributed by atoms with Crippen LogP contribution < -0.4 is 5.32 Å². The van der Waals surface area contributed by atoms with Crippen LogP contribution in [0, 0.1) is 11.8 Å². The lowest BCUT2D eigenvalue weighted by molar-refractivity contribution is -0.146. The second-order valence-electron chi connectivity index (χ2n) is 4.78. The van der Waals surface area contributed by atoms with Gasteiger partial charge >= 0.3 is 5.97 Å². The normalized spacial score (nSPS) is 15.5. The smallest absolute Gasteiger partial charge is 0.307 e. The van der Waals surface area contributed by atoms with Crippen LogP contribution in [0.15, 0.2) is 17.5 Å². The summed E-state index contributed by atoms with van der Waals surface area (Å²) in [5, 5.41) is 13.9. The number of carboxylic acids is 1. The summed E-state index contributed by atoms with van der Waals surface area (Å²) >= 11 is 1.61. The van der Waals surface area contributed by atoms with E-state index in [0.717, 1.165) is 17.7 Å². The summed E-state index contributed by atoms with van der Waals surface area (Å²) in [5.74, 6) is -2.34. The minimum absolute atomic E-state index is 0.0130. The number of rotatable bonds is 7. The Hall–Kier alpha value is -1.36. The highest BCUT2D eigenvalue weighted by Gasteiger charge is 2.27. The van der Waals surface area contributed by atoms with E-state index in [1.54, 1.807) is 25.2 Å². The Labute approximate surface area is 117 Å². The van der Waals surface area contributed by atoms with Crippen molar-refractivity contribution in [1.29, 1.82) is 0 Å². The van der Waals surface area contributed by atoms with Crippen molar-refractivity contribution >= 4 is 23.2 Å². The van der Waals surface area contributed by atoms with Crippen LogP contribution in [0.3, 0.4) is 0 Å². The molecule has 0 aromatic carbocycles. The summed E-state index contributed by atoms with van der Waals surface area (Å²) in [6.07, 6.45) is 1.83. The molecule has 0 aliphatic heterocycles. The van der Waals surface area contributed by atoms with E-state index in [-0.39, 0.29) is 11.9 Å². The molecule has 1 rings (SSSR count). The first-order valence-corrected chi connectivity index (χ1v) is 7.41. The highest BCUT2D eigenvalue weighted by Crippen LogP contribution is 2.24. The van der Waals surface area contributed by atoms with Gasteiger partial charge in [-0.3, -0.25) is 9.59 Å². The highest BCUT2D eigenvalue weighted by molar-refractivity contribution is 7.10. The van der Waals surface area contributed by atoms with E-state index in [9.17, 15) is 9.59 Å². The molecule has 2 N–H and O–H groups in total. The molecular formula is C14H21NO3S. The average Bonchev–Trinajstić information content (AvgIpc) is 2.89. The van der Waals surface area contributed by atoms with Gasteiger partial charge in [-0.15, -0.1) is 11.3 Å². The topological polar surface area (TPSA) is 66.4 Å². The molecule has 1 aromatic rings. The molecule has 0 fully saturated rings. The monoisotopic (exact) mass is 283 g/mol. The number of hydrogen-bond donors (Lipinski definition) is 2. The molecule has 0 aliphatic rings. The van der Waals surface area contributed by atoms with E-state index < -0.39 is 17.8 Å². The van der Waals surface area contributed by atoms with Crippen LogP contribution in [-0.2, 0) is 9.59 Å². The molecule has 3 atom stereocenters. The lowest BCUT2D eigenvalue weighted by Crippen LogP contribution is -2.37. The van der Waals surface area contributed by atoms with Crippen molar-refractivity contribution in [3.63, 3.8) is 0 Å². The predicted molar refractivity (Wildman–Crippen MR) is 76.1 cm³/mol. The summed E-state index contributed by atoms with van der Waals surface area (Å²) in [4.78, 5) is 24.1. The van der Waals surface area contributed by atoms with Gasteiger partial charge in [0.1, 0.15) is 0 Å². The Kier molecular flexibility index (Phi) is 6.02. The van der Waals surface area contributed by atoms with Crippen LogP contribution in [0.5, 0.6) is 0 Å². The molecule has 0 saturated carbocycles. The van der Waals surface area contributed by atoms with Crippen molar-refractivity contribution in [3.05, 3.63) is 22.4 Å². The van der Waals surface area contributed by atoms with Crippen LogP contribution >= 0.6 is 11.3 Å². The minimum atomic E-state index is -0.939. The zero-order valence-electron chi connectivity index (χ0n) is 11.6. The van der Waals surface area contributed by atoms with E-state index in [2.05, 4.69) is 12.2 Å². The van der Waals surface area contributed by atoms with Crippen molar-refractivity contribution in [2.75, 3.05) is 0 Å². The molecule has 19 heavy (non-hydrogen) atoms. The third-order valence-electron chi connectivity index (χ3n) is 3.33. The number of carbonyl (C=O) groups is 2. The van der Waals surface area contributed by atoms with Crippen LogP contribution in [-0.4, -0.2) is 17.0 Å². The molecule has 1 aromatic heterocycles. The van der Waals surface area contributed by atoms with Crippen LogP contribution in [0.1, 0.15) is 44.5 Å². The third-order valence-corrected chi connectivity index (χ3v) is 4.32. The van der Waals surface area contributed by atoms with Crippen molar-refractivity contribution in [2.24, 2.45) is 11.8 Å². The summed E-state index contributed by atoms with van der Waals surface area (Å²) < 4.78 is 0. The van der Waals surface area contributed by atoms with E-state index in [0.29, 0.717) is 0 Å². The number of hydrogen-bond acceptors (Lipinski definition) is 3. The maximum Gasteiger partial charge on any atom is 0.307 e. The van der Waals surface area contributed by atoms with E-state index in [1.807, 2.05) is 17.5 Å². The number of nitrogens with one attached hydrogen (secondary N) is 1. The lowest BCUT2D eigenvalue weighted by atomic mass is 9.94. The van der Waals surface area contributed by atoms with Gasteiger partial charge in [0.2, 0.25) is 5.91 Å².